The van der Waals surface area contributed by atoms with Crippen molar-refractivity contribution in [2.45, 2.75) is 45.8 Å². The Morgan fingerprint density at radius 1 is 1.43 bits per heavy atom. The van der Waals surface area contributed by atoms with Gasteiger partial charge in [-0.25, -0.2) is 0 Å². The van der Waals surface area contributed by atoms with Gasteiger partial charge in [0.1, 0.15) is 5.75 Å². The van der Waals surface area contributed by atoms with Gasteiger partial charge in [0.15, 0.2) is 0 Å². The van der Waals surface area contributed by atoms with Crippen LogP contribution in [0.3, 0.4) is 0 Å². The molecule has 1 atom stereocenters. The maximum absolute atomic E-state index is 11.0. The summed E-state index contributed by atoms with van der Waals surface area (Å²) >= 11 is 0. The van der Waals surface area contributed by atoms with E-state index in [2.05, 4.69) is 30.9 Å². The van der Waals surface area contributed by atoms with Crippen molar-refractivity contribution in [3.63, 3.8) is 0 Å². The highest BCUT2D eigenvalue weighted by molar-refractivity contribution is 5.70. The van der Waals surface area contributed by atoms with Gasteiger partial charge in [0.05, 0.1) is 12.0 Å². The van der Waals surface area contributed by atoms with Crippen molar-refractivity contribution < 1.29 is 14.6 Å². The number of carbonyl (C=O) groups is 1. The summed E-state index contributed by atoms with van der Waals surface area (Å²) in [6, 6.07) is 8.21. The first kappa shape index (κ1) is 15.8. The summed E-state index contributed by atoms with van der Waals surface area (Å²) in [6.45, 7) is 6.76. The van der Waals surface area contributed by atoms with Gasteiger partial charge >= 0.3 is 5.97 Å². The van der Waals surface area contributed by atoms with Gasteiger partial charge in [-0.2, -0.15) is 0 Å². The molecule has 4 heteroatoms. The Hall–Kier alpha value is -1.55. The molecule has 0 spiro atoms. The van der Waals surface area contributed by atoms with Crippen molar-refractivity contribution in [3.05, 3.63) is 29.8 Å². The third-order valence-electron chi connectivity index (χ3n) is 4.15. The van der Waals surface area contributed by atoms with Crippen LogP contribution in [-0.4, -0.2) is 35.2 Å². The van der Waals surface area contributed by atoms with Crippen LogP contribution in [0.15, 0.2) is 24.3 Å². The van der Waals surface area contributed by atoms with Crippen LogP contribution in [0.25, 0.3) is 0 Å². The maximum Gasteiger partial charge on any atom is 0.306 e. The van der Waals surface area contributed by atoms with E-state index in [1.54, 1.807) is 0 Å². The lowest BCUT2D eigenvalue weighted by atomic mass is 9.97. The van der Waals surface area contributed by atoms with Crippen LogP contribution in [0.1, 0.15) is 38.7 Å². The molecule has 0 saturated carbocycles. The molecule has 4 nitrogen and oxygen atoms in total. The molecule has 1 saturated heterocycles. The van der Waals surface area contributed by atoms with Crippen molar-refractivity contribution in [1.29, 1.82) is 0 Å². The normalized spacial score (nSPS) is 18.4. The molecule has 1 aromatic rings. The average Bonchev–Trinajstić information content (AvgIpc) is 2.48. The number of likely N-dealkylation sites (tertiary alicyclic amines) is 1. The number of rotatable bonds is 6. The third-order valence-corrected chi connectivity index (χ3v) is 4.15. The molecule has 21 heavy (non-hydrogen) atoms. The molecule has 0 radical (unpaired) electrons. The topological polar surface area (TPSA) is 49.8 Å². The number of benzene rings is 1. The fraction of sp³-hybridized carbons (Fsp3) is 0.588. The first-order valence-corrected chi connectivity index (χ1v) is 7.79. The molecule has 0 aliphatic carbocycles. The molecule has 0 aromatic heterocycles. The molecule has 1 heterocycles. The van der Waals surface area contributed by atoms with Gasteiger partial charge in [-0.3, -0.25) is 9.69 Å². The Kier molecular flexibility index (Phi) is 5.62. The zero-order valence-electron chi connectivity index (χ0n) is 12.9. The van der Waals surface area contributed by atoms with E-state index in [0.29, 0.717) is 0 Å². The molecule has 1 N–H and O–H groups in total. The lowest BCUT2D eigenvalue weighted by molar-refractivity contribution is -0.143. The van der Waals surface area contributed by atoms with Crippen LogP contribution in [0, 0.1) is 5.92 Å². The van der Waals surface area contributed by atoms with Gasteiger partial charge < -0.3 is 9.84 Å². The molecule has 1 aromatic carbocycles. The van der Waals surface area contributed by atoms with E-state index < -0.39 is 5.97 Å². The zero-order chi connectivity index (χ0) is 15.2. The van der Waals surface area contributed by atoms with Crippen LogP contribution in [-0.2, 0) is 11.3 Å². The van der Waals surface area contributed by atoms with Gasteiger partial charge in [0, 0.05) is 6.54 Å². The minimum Gasteiger partial charge on any atom is -0.491 e. The van der Waals surface area contributed by atoms with E-state index in [-0.39, 0.29) is 12.0 Å². The molecular formula is C17H25NO3. The van der Waals surface area contributed by atoms with Crippen molar-refractivity contribution in [2.24, 2.45) is 5.92 Å². The lowest BCUT2D eigenvalue weighted by Crippen LogP contribution is -2.35. The summed E-state index contributed by atoms with van der Waals surface area (Å²) in [4.78, 5) is 13.3. The highest BCUT2D eigenvalue weighted by Gasteiger charge is 2.24. The van der Waals surface area contributed by atoms with Crippen molar-refractivity contribution in [3.8, 4) is 5.75 Å². The lowest BCUT2D eigenvalue weighted by Gasteiger charge is -2.30. The monoisotopic (exact) mass is 291 g/mol. The molecule has 1 unspecified atom stereocenters. The highest BCUT2D eigenvalue weighted by atomic mass is 16.5. The summed E-state index contributed by atoms with van der Waals surface area (Å²) in [5, 5.41) is 9.02. The Morgan fingerprint density at radius 3 is 2.76 bits per heavy atom. The Morgan fingerprint density at radius 2 is 2.14 bits per heavy atom. The van der Waals surface area contributed by atoms with E-state index in [4.69, 9.17) is 9.84 Å². The zero-order valence-corrected chi connectivity index (χ0v) is 12.9. The van der Waals surface area contributed by atoms with E-state index in [0.717, 1.165) is 44.6 Å². The fourth-order valence-electron chi connectivity index (χ4n) is 2.63. The number of aliphatic carboxylic acids is 1. The molecule has 1 aliphatic rings. The largest absolute Gasteiger partial charge is 0.491 e. The van der Waals surface area contributed by atoms with Crippen molar-refractivity contribution in [2.75, 3.05) is 13.1 Å². The van der Waals surface area contributed by atoms with Crippen LogP contribution < -0.4 is 4.74 Å². The second-order valence-electron chi connectivity index (χ2n) is 5.87. The maximum atomic E-state index is 11.0. The number of carboxylic acid groups (broad SMARTS) is 1. The molecule has 1 aliphatic heterocycles. The SMILES string of the molecule is CCC(C)Oc1cccc(CN2CCC(C(=O)O)CC2)c1. The van der Waals surface area contributed by atoms with Crippen LogP contribution in [0.5, 0.6) is 5.75 Å². The number of carboxylic acids is 1. The fourth-order valence-corrected chi connectivity index (χ4v) is 2.63. The van der Waals surface area contributed by atoms with E-state index in [1.807, 2.05) is 12.1 Å². The van der Waals surface area contributed by atoms with Crippen LogP contribution in [0.4, 0.5) is 0 Å². The summed E-state index contributed by atoms with van der Waals surface area (Å²) in [5.41, 5.74) is 1.23. The molecule has 2 rings (SSSR count). The Labute approximate surface area is 126 Å². The molecule has 1 fully saturated rings. The number of ether oxygens (including phenoxy) is 1. The van der Waals surface area contributed by atoms with Crippen molar-refractivity contribution >= 4 is 5.97 Å². The summed E-state index contributed by atoms with van der Waals surface area (Å²) in [6.07, 6.45) is 2.72. The van der Waals surface area contributed by atoms with Crippen LogP contribution in [0.2, 0.25) is 0 Å². The smallest absolute Gasteiger partial charge is 0.306 e. The standard InChI is InChI=1S/C17H25NO3/c1-3-13(2)21-16-6-4-5-14(11-16)12-18-9-7-15(8-10-18)17(19)20/h4-6,11,13,15H,3,7-10,12H2,1-2H3,(H,19,20). The highest BCUT2D eigenvalue weighted by Crippen LogP contribution is 2.21. The average molecular weight is 291 g/mol. The molecule has 0 bridgehead atoms. The van der Waals surface area contributed by atoms with E-state index in [9.17, 15) is 4.79 Å². The minimum absolute atomic E-state index is 0.165. The van der Waals surface area contributed by atoms with E-state index in [1.165, 1.54) is 5.56 Å². The Balaban J connectivity index is 1.89. The molecule has 0 amide bonds. The second-order valence-corrected chi connectivity index (χ2v) is 5.87. The number of hydrogen-bond acceptors (Lipinski definition) is 3. The van der Waals surface area contributed by atoms with Crippen LogP contribution >= 0.6 is 0 Å². The number of piperidine rings is 1. The quantitative estimate of drug-likeness (QED) is 0.874. The summed E-state index contributed by atoms with van der Waals surface area (Å²) < 4.78 is 5.85. The second kappa shape index (κ2) is 7.46. The third kappa shape index (κ3) is 4.74. The first-order valence-electron chi connectivity index (χ1n) is 7.79. The molecular weight excluding hydrogens is 266 g/mol. The van der Waals surface area contributed by atoms with Gasteiger partial charge in [-0.1, -0.05) is 19.1 Å². The summed E-state index contributed by atoms with van der Waals surface area (Å²) in [7, 11) is 0. The predicted molar refractivity (Wildman–Crippen MR) is 82.5 cm³/mol. The van der Waals surface area contributed by atoms with E-state index >= 15 is 0 Å². The minimum atomic E-state index is -0.654. The van der Waals surface area contributed by atoms with Gasteiger partial charge in [0.25, 0.3) is 0 Å². The van der Waals surface area contributed by atoms with Gasteiger partial charge in [-0.15, -0.1) is 0 Å². The Bertz CT molecular complexity index is 467. The number of nitrogens with zero attached hydrogens (tertiary/aromatic N) is 1. The van der Waals surface area contributed by atoms with Gasteiger partial charge in [0.2, 0.25) is 0 Å². The number of hydrogen-bond donors (Lipinski definition) is 1. The first-order chi connectivity index (χ1) is 10.1. The predicted octanol–water partition coefficient (Wildman–Crippen LogP) is 3.16. The van der Waals surface area contributed by atoms with Gasteiger partial charge in [-0.05, 0) is 57.0 Å². The summed E-state index contributed by atoms with van der Waals surface area (Å²) in [5.74, 6) is 0.0993. The van der Waals surface area contributed by atoms with Crippen molar-refractivity contribution in [1.82, 2.24) is 4.90 Å². The molecule has 116 valence electrons.